The molecular formula is C15H18N6S. The summed E-state index contributed by atoms with van der Waals surface area (Å²) in [6, 6.07) is 0. The first kappa shape index (κ1) is 13.6. The van der Waals surface area contributed by atoms with Crippen molar-refractivity contribution in [2.45, 2.75) is 39.2 Å². The minimum atomic E-state index is 0.775. The molecule has 7 heteroatoms. The van der Waals surface area contributed by atoms with Gasteiger partial charge in [0.25, 0.3) is 0 Å². The molecule has 0 unspecified atom stereocenters. The van der Waals surface area contributed by atoms with Gasteiger partial charge < -0.3 is 5.32 Å². The Kier molecular flexibility index (Phi) is 3.49. The van der Waals surface area contributed by atoms with Crippen LogP contribution in [0.15, 0.2) is 12.4 Å². The molecule has 1 N–H and O–H groups in total. The Morgan fingerprint density at radius 1 is 1.27 bits per heavy atom. The van der Waals surface area contributed by atoms with Gasteiger partial charge in [-0.25, -0.2) is 9.97 Å². The van der Waals surface area contributed by atoms with Gasteiger partial charge in [0.1, 0.15) is 16.5 Å². The van der Waals surface area contributed by atoms with Crippen molar-refractivity contribution < 1.29 is 0 Å². The quantitative estimate of drug-likeness (QED) is 0.801. The number of hydrogen-bond donors (Lipinski definition) is 1. The molecule has 0 amide bonds. The van der Waals surface area contributed by atoms with Crippen molar-refractivity contribution in [1.29, 1.82) is 0 Å². The SMILES string of the molecule is Cc1nc(NCCn2ccnn2)c2c3c(sc2n1)CCCC3. The standard InChI is InChI=1S/C15H18N6S/c1-10-18-14(16-6-8-21-9-7-17-20-21)13-11-4-2-3-5-12(11)22-15(13)19-10/h7,9H,2-6,8H2,1H3,(H,16,18,19). The fourth-order valence-electron chi connectivity index (χ4n) is 3.03. The van der Waals surface area contributed by atoms with Crippen LogP contribution in [0, 0.1) is 6.92 Å². The van der Waals surface area contributed by atoms with E-state index in [0.717, 1.165) is 36.0 Å². The Hall–Kier alpha value is -2.02. The first-order valence-corrected chi connectivity index (χ1v) is 8.50. The molecule has 1 aliphatic carbocycles. The van der Waals surface area contributed by atoms with E-state index in [1.807, 2.05) is 29.1 Å². The van der Waals surface area contributed by atoms with E-state index in [1.165, 1.54) is 35.1 Å². The lowest BCUT2D eigenvalue weighted by Gasteiger charge is -2.13. The predicted octanol–water partition coefficient (Wildman–Crippen LogP) is 2.58. The first-order chi connectivity index (χ1) is 10.8. The van der Waals surface area contributed by atoms with Crippen LogP contribution in [0.5, 0.6) is 0 Å². The Bertz CT molecular complexity index is 792. The molecule has 6 nitrogen and oxygen atoms in total. The molecule has 0 saturated carbocycles. The molecule has 0 fully saturated rings. The van der Waals surface area contributed by atoms with Crippen molar-refractivity contribution >= 4 is 27.4 Å². The summed E-state index contributed by atoms with van der Waals surface area (Å²) in [4.78, 5) is 11.9. The van der Waals surface area contributed by atoms with E-state index >= 15 is 0 Å². The van der Waals surface area contributed by atoms with Gasteiger partial charge in [-0.2, -0.15) is 0 Å². The van der Waals surface area contributed by atoms with Crippen molar-refractivity contribution in [3.8, 4) is 0 Å². The zero-order valence-corrected chi connectivity index (χ0v) is 13.4. The van der Waals surface area contributed by atoms with Gasteiger partial charge in [0.15, 0.2) is 0 Å². The number of rotatable bonds is 4. The number of fused-ring (bicyclic) bond motifs is 3. The molecular weight excluding hydrogens is 296 g/mol. The van der Waals surface area contributed by atoms with Crippen LogP contribution in [0.25, 0.3) is 10.2 Å². The van der Waals surface area contributed by atoms with E-state index in [9.17, 15) is 0 Å². The lowest BCUT2D eigenvalue weighted by Crippen LogP contribution is -2.13. The molecule has 1 aliphatic rings. The van der Waals surface area contributed by atoms with Gasteiger partial charge in [-0.15, -0.1) is 16.4 Å². The Labute approximate surface area is 132 Å². The van der Waals surface area contributed by atoms with Crippen LogP contribution in [-0.4, -0.2) is 31.5 Å². The van der Waals surface area contributed by atoms with Gasteiger partial charge in [0, 0.05) is 17.6 Å². The number of thiophene rings is 1. The summed E-state index contributed by atoms with van der Waals surface area (Å²) in [5.74, 6) is 1.80. The summed E-state index contributed by atoms with van der Waals surface area (Å²) in [5, 5.41) is 12.5. The molecule has 0 saturated heterocycles. The Morgan fingerprint density at radius 3 is 3.05 bits per heavy atom. The largest absolute Gasteiger partial charge is 0.368 e. The smallest absolute Gasteiger partial charge is 0.138 e. The molecule has 114 valence electrons. The average molecular weight is 314 g/mol. The van der Waals surface area contributed by atoms with Gasteiger partial charge >= 0.3 is 0 Å². The molecule has 0 radical (unpaired) electrons. The van der Waals surface area contributed by atoms with Gasteiger partial charge in [-0.1, -0.05) is 5.21 Å². The van der Waals surface area contributed by atoms with E-state index in [1.54, 1.807) is 6.20 Å². The number of hydrogen-bond acceptors (Lipinski definition) is 6. The average Bonchev–Trinajstić information content (AvgIpc) is 3.13. The third-order valence-electron chi connectivity index (χ3n) is 4.03. The minimum Gasteiger partial charge on any atom is -0.368 e. The van der Waals surface area contributed by atoms with E-state index in [4.69, 9.17) is 0 Å². The van der Waals surface area contributed by atoms with Crippen LogP contribution in [0.2, 0.25) is 0 Å². The van der Waals surface area contributed by atoms with Crippen LogP contribution < -0.4 is 5.32 Å². The molecule has 0 aromatic carbocycles. The Balaban J connectivity index is 1.65. The van der Waals surface area contributed by atoms with E-state index in [2.05, 4.69) is 25.6 Å². The molecule has 0 spiro atoms. The third-order valence-corrected chi connectivity index (χ3v) is 5.22. The van der Waals surface area contributed by atoms with Gasteiger partial charge in [0.2, 0.25) is 0 Å². The molecule has 0 bridgehead atoms. The molecule has 3 aromatic rings. The van der Waals surface area contributed by atoms with Crippen molar-refractivity contribution in [1.82, 2.24) is 25.0 Å². The fourth-order valence-corrected chi connectivity index (χ4v) is 4.34. The first-order valence-electron chi connectivity index (χ1n) is 7.68. The van der Waals surface area contributed by atoms with Gasteiger partial charge in [0.05, 0.1) is 18.1 Å². The zero-order valence-electron chi connectivity index (χ0n) is 12.5. The highest BCUT2D eigenvalue weighted by Gasteiger charge is 2.20. The fraction of sp³-hybridized carbons (Fsp3) is 0.467. The van der Waals surface area contributed by atoms with Crippen molar-refractivity contribution in [2.75, 3.05) is 11.9 Å². The highest BCUT2D eigenvalue weighted by Crippen LogP contribution is 2.38. The highest BCUT2D eigenvalue weighted by molar-refractivity contribution is 7.19. The number of aromatic nitrogens is 5. The topological polar surface area (TPSA) is 68.5 Å². The maximum Gasteiger partial charge on any atom is 0.138 e. The third kappa shape index (κ3) is 2.45. The molecule has 4 rings (SSSR count). The van der Waals surface area contributed by atoms with Crippen LogP contribution in [-0.2, 0) is 19.4 Å². The summed E-state index contributed by atoms with van der Waals surface area (Å²) >= 11 is 1.84. The van der Waals surface area contributed by atoms with Crippen LogP contribution in [0.1, 0.15) is 29.1 Å². The molecule has 3 aromatic heterocycles. The van der Waals surface area contributed by atoms with Crippen LogP contribution in [0.3, 0.4) is 0 Å². The Morgan fingerprint density at radius 2 is 2.18 bits per heavy atom. The predicted molar refractivity (Wildman–Crippen MR) is 87.3 cm³/mol. The lowest BCUT2D eigenvalue weighted by atomic mass is 9.97. The summed E-state index contributed by atoms with van der Waals surface area (Å²) in [7, 11) is 0. The number of aryl methyl sites for hydroxylation is 3. The zero-order chi connectivity index (χ0) is 14.9. The lowest BCUT2D eigenvalue weighted by molar-refractivity contribution is 0.608. The summed E-state index contributed by atoms with van der Waals surface area (Å²) in [6.45, 7) is 3.51. The maximum absolute atomic E-state index is 4.64. The van der Waals surface area contributed by atoms with E-state index in [0.29, 0.717) is 0 Å². The van der Waals surface area contributed by atoms with E-state index in [-0.39, 0.29) is 0 Å². The van der Waals surface area contributed by atoms with Crippen LogP contribution in [0.4, 0.5) is 5.82 Å². The minimum absolute atomic E-state index is 0.775. The molecule has 3 heterocycles. The second kappa shape index (κ2) is 5.64. The molecule has 0 aliphatic heterocycles. The van der Waals surface area contributed by atoms with Gasteiger partial charge in [-0.3, -0.25) is 4.68 Å². The number of anilines is 1. The molecule has 0 atom stereocenters. The van der Waals surface area contributed by atoms with Crippen molar-refractivity contribution in [3.05, 3.63) is 28.7 Å². The number of nitrogens with one attached hydrogen (secondary N) is 1. The maximum atomic E-state index is 4.64. The second-order valence-electron chi connectivity index (χ2n) is 5.60. The summed E-state index contributed by atoms with van der Waals surface area (Å²) < 4.78 is 1.82. The van der Waals surface area contributed by atoms with Crippen molar-refractivity contribution in [3.63, 3.8) is 0 Å². The number of nitrogens with zero attached hydrogens (tertiary/aromatic N) is 5. The second-order valence-corrected chi connectivity index (χ2v) is 6.69. The van der Waals surface area contributed by atoms with Crippen LogP contribution >= 0.6 is 11.3 Å². The molecule has 22 heavy (non-hydrogen) atoms. The summed E-state index contributed by atoms with van der Waals surface area (Å²) in [5.41, 5.74) is 1.47. The van der Waals surface area contributed by atoms with E-state index < -0.39 is 0 Å². The van der Waals surface area contributed by atoms with Crippen molar-refractivity contribution in [2.24, 2.45) is 0 Å². The normalized spacial score (nSPS) is 14.2. The highest BCUT2D eigenvalue weighted by atomic mass is 32.1. The monoisotopic (exact) mass is 314 g/mol. The van der Waals surface area contributed by atoms with Gasteiger partial charge in [-0.05, 0) is 38.2 Å². The summed E-state index contributed by atoms with van der Waals surface area (Å²) in [6.07, 6.45) is 8.47.